The van der Waals surface area contributed by atoms with E-state index in [1.54, 1.807) is 12.4 Å². The highest BCUT2D eigenvalue weighted by molar-refractivity contribution is 5.71. The number of nitrogens with zero attached hydrogens (tertiary/aromatic N) is 4. The molecule has 10 heteroatoms. The van der Waals surface area contributed by atoms with Gasteiger partial charge in [-0.05, 0) is 83.3 Å². The monoisotopic (exact) mass is 682 g/mol. The molecule has 2 N–H and O–H groups in total. The predicted molar refractivity (Wildman–Crippen MR) is 192 cm³/mol. The van der Waals surface area contributed by atoms with Crippen LogP contribution in [0.15, 0.2) is 146 Å². The highest BCUT2D eigenvalue weighted by atomic mass is 16.6. The Morgan fingerprint density at radius 1 is 0.442 bits per heavy atom. The molecule has 4 aromatic heterocycles. The number of alkyl carbamates (subject to hydrolysis) is 2. The van der Waals surface area contributed by atoms with E-state index >= 15 is 0 Å². The van der Waals surface area contributed by atoms with E-state index in [2.05, 4.69) is 54.3 Å². The first-order valence-corrected chi connectivity index (χ1v) is 16.4. The molecule has 52 heavy (non-hydrogen) atoms. The molecule has 0 aliphatic carbocycles. The summed E-state index contributed by atoms with van der Waals surface area (Å²) in [7, 11) is 0. The summed E-state index contributed by atoms with van der Waals surface area (Å²) in [6, 6.07) is 40.8. The lowest BCUT2D eigenvalue weighted by atomic mass is 10.00. The minimum absolute atomic E-state index is 0.360. The Kier molecular flexibility index (Phi) is 10.2. The number of amides is 2. The van der Waals surface area contributed by atoms with Crippen molar-refractivity contribution in [2.45, 2.75) is 24.3 Å². The summed E-state index contributed by atoms with van der Waals surface area (Å²) in [4.78, 5) is 41.1. The average molecular weight is 683 g/mol. The van der Waals surface area contributed by atoms with Crippen LogP contribution in [-0.2, 0) is 9.47 Å². The maximum atomic E-state index is 11.8. The van der Waals surface area contributed by atoms with E-state index in [4.69, 9.17) is 9.47 Å². The van der Waals surface area contributed by atoms with E-state index in [-0.39, 0.29) is 12.1 Å². The fraction of sp³-hybridized carbons (Fsp3) is 0.0952. The first-order chi connectivity index (χ1) is 25.6. The molecule has 6 aromatic rings. The highest BCUT2D eigenvalue weighted by Gasteiger charge is 2.38. The average Bonchev–Trinajstić information content (AvgIpc) is 3.81. The molecule has 4 atom stereocenters. The van der Waals surface area contributed by atoms with Crippen molar-refractivity contribution in [2.24, 2.45) is 0 Å². The maximum Gasteiger partial charge on any atom is 0.408 e. The lowest BCUT2D eigenvalue weighted by Crippen LogP contribution is -2.20. The second kappa shape index (κ2) is 15.9. The third-order valence-corrected chi connectivity index (χ3v) is 8.02. The van der Waals surface area contributed by atoms with E-state index < -0.39 is 24.4 Å². The van der Waals surface area contributed by atoms with Crippen molar-refractivity contribution in [1.82, 2.24) is 30.6 Å². The normalized spacial score (nSPS) is 18.4. The largest absolute Gasteiger partial charge is 0.439 e. The molecule has 252 valence electrons. The summed E-state index contributed by atoms with van der Waals surface area (Å²) in [6.07, 6.45) is 1.66. The Morgan fingerprint density at radius 3 is 1.23 bits per heavy atom. The van der Waals surface area contributed by atoms with E-state index in [9.17, 15) is 9.59 Å². The molecular formula is C42H30N6O4. The van der Waals surface area contributed by atoms with Gasteiger partial charge in [0.15, 0.2) is 12.2 Å². The van der Waals surface area contributed by atoms with E-state index in [1.165, 1.54) is 0 Å². The Bertz CT molecular complexity index is 2120. The summed E-state index contributed by atoms with van der Waals surface area (Å²) in [5.41, 5.74) is 5.83. The van der Waals surface area contributed by atoms with Crippen molar-refractivity contribution in [3.05, 3.63) is 191 Å². The molecule has 2 saturated heterocycles. The number of hydrogen-bond acceptors (Lipinski definition) is 8. The molecule has 2 aliphatic rings. The first-order valence-electron chi connectivity index (χ1n) is 16.4. The van der Waals surface area contributed by atoms with Crippen LogP contribution in [0.1, 0.15) is 69.6 Å². The van der Waals surface area contributed by atoms with Gasteiger partial charge in [0.2, 0.25) is 0 Å². The molecule has 0 radical (unpaired) electrons. The number of hydrogen-bond donors (Lipinski definition) is 2. The highest BCUT2D eigenvalue weighted by Crippen LogP contribution is 2.37. The van der Waals surface area contributed by atoms with Crippen molar-refractivity contribution < 1.29 is 19.1 Å². The number of rotatable bonds is 4. The van der Waals surface area contributed by atoms with Gasteiger partial charge < -0.3 is 20.1 Å². The molecule has 2 fully saturated rings. The van der Waals surface area contributed by atoms with Crippen molar-refractivity contribution in [2.75, 3.05) is 0 Å². The quantitative estimate of drug-likeness (QED) is 0.195. The number of benzene rings is 2. The van der Waals surface area contributed by atoms with Crippen LogP contribution in [-0.4, -0.2) is 32.1 Å². The number of carbonyl (C=O) groups excluding carboxylic acids is 2. The number of carbonyl (C=O) groups is 2. The standard InChI is InChI=1S/2C21H15N3O2/c2*25-21-24-19(20(26-21)15-7-2-1-3-8-15)18-11-6-10-17(23-18)13-12-16-9-4-5-14-22-16/h2*1-11,14,19-20H,(H,24,25)/t2*19-,20-/m10/s1. The van der Waals surface area contributed by atoms with Crippen LogP contribution in [0, 0.1) is 23.7 Å². The van der Waals surface area contributed by atoms with Crippen LogP contribution >= 0.6 is 0 Å². The minimum Gasteiger partial charge on any atom is -0.439 e. The van der Waals surface area contributed by atoms with Crippen molar-refractivity contribution in [3.63, 3.8) is 0 Å². The van der Waals surface area contributed by atoms with Crippen LogP contribution < -0.4 is 10.6 Å². The summed E-state index contributed by atoms with van der Waals surface area (Å²) in [6.45, 7) is 0. The zero-order chi connectivity index (χ0) is 35.5. The summed E-state index contributed by atoms with van der Waals surface area (Å²) in [5.74, 6) is 12.0. The molecule has 2 aromatic carbocycles. The molecule has 0 spiro atoms. The van der Waals surface area contributed by atoms with Gasteiger partial charge in [0.05, 0.1) is 11.4 Å². The fourth-order valence-corrected chi connectivity index (χ4v) is 5.62. The number of cyclic esters (lactones) is 2. The summed E-state index contributed by atoms with van der Waals surface area (Å²) < 4.78 is 10.9. The number of nitrogens with one attached hydrogen (secondary N) is 2. The van der Waals surface area contributed by atoms with Gasteiger partial charge in [-0.3, -0.25) is 0 Å². The van der Waals surface area contributed by atoms with Crippen LogP contribution in [0.25, 0.3) is 0 Å². The third kappa shape index (κ3) is 8.28. The SMILES string of the molecule is O=C1N[C@@H](c2cccc(C#Cc3ccccn3)n2)[C@H](c2ccccc2)O1.O=C1N[C@H](c2cccc(C#Cc3ccccn3)n2)[C@@H](c2ccccc2)O1. The van der Waals surface area contributed by atoms with Gasteiger partial charge in [-0.15, -0.1) is 0 Å². The fourth-order valence-electron chi connectivity index (χ4n) is 5.62. The van der Waals surface area contributed by atoms with Crippen LogP contribution in [0.3, 0.4) is 0 Å². The number of aromatic nitrogens is 4. The zero-order valence-electron chi connectivity index (χ0n) is 27.6. The lowest BCUT2D eigenvalue weighted by molar-refractivity contribution is 0.131. The van der Waals surface area contributed by atoms with Crippen molar-refractivity contribution >= 4 is 12.2 Å². The molecule has 2 amide bonds. The first kappa shape index (κ1) is 33.2. The Labute approximate surface area is 300 Å². The predicted octanol–water partition coefficient (Wildman–Crippen LogP) is 6.80. The van der Waals surface area contributed by atoms with Crippen molar-refractivity contribution in [1.29, 1.82) is 0 Å². The van der Waals surface area contributed by atoms with Crippen LogP contribution in [0.5, 0.6) is 0 Å². The number of pyridine rings is 4. The van der Waals surface area contributed by atoms with E-state index in [0.717, 1.165) is 11.1 Å². The van der Waals surface area contributed by atoms with E-state index in [0.29, 0.717) is 34.2 Å². The second-order valence-electron chi connectivity index (χ2n) is 11.5. The maximum absolute atomic E-state index is 11.8. The molecule has 8 rings (SSSR count). The molecule has 10 nitrogen and oxygen atoms in total. The van der Waals surface area contributed by atoms with Gasteiger partial charge in [-0.2, -0.15) is 0 Å². The molecule has 0 saturated carbocycles. The van der Waals surface area contributed by atoms with Crippen molar-refractivity contribution in [3.8, 4) is 23.7 Å². The van der Waals surface area contributed by atoms with E-state index in [1.807, 2.05) is 133 Å². The van der Waals surface area contributed by atoms with Gasteiger partial charge in [0.1, 0.15) is 34.9 Å². The molecule has 0 unspecified atom stereocenters. The Balaban J connectivity index is 0.000000162. The molecular weight excluding hydrogens is 652 g/mol. The second-order valence-corrected chi connectivity index (χ2v) is 11.5. The molecule has 0 bridgehead atoms. The van der Waals surface area contributed by atoms with Gasteiger partial charge >= 0.3 is 12.2 Å². The topological polar surface area (TPSA) is 128 Å². The summed E-state index contributed by atoms with van der Waals surface area (Å²) in [5, 5.41) is 5.67. The van der Waals surface area contributed by atoms with Crippen LogP contribution in [0.4, 0.5) is 9.59 Å². The third-order valence-electron chi connectivity index (χ3n) is 8.02. The zero-order valence-corrected chi connectivity index (χ0v) is 27.6. The smallest absolute Gasteiger partial charge is 0.408 e. The number of ether oxygens (including phenoxy) is 2. The minimum atomic E-state index is -0.448. The Morgan fingerprint density at radius 2 is 0.827 bits per heavy atom. The lowest BCUT2D eigenvalue weighted by Gasteiger charge is -2.16. The summed E-state index contributed by atoms with van der Waals surface area (Å²) >= 11 is 0. The van der Waals surface area contributed by atoms with Gasteiger partial charge in [-0.1, -0.05) is 84.9 Å². The Hall–Kier alpha value is -7.30. The molecule has 6 heterocycles. The van der Waals surface area contributed by atoms with Gasteiger partial charge in [-0.25, -0.2) is 29.5 Å². The van der Waals surface area contributed by atoms with Gasteiger partial charge in [0, 0.05) is 12.4 Å². The van der Waals surface area contributed by atoms with Gasteiger partial charge in [0.25, 0.3) is 0 Å². The van der Waals surface area contributed by atoms with Crippen LogP contribution in [0.2, 0.25) is 0 Å². The molecule has 2 aliphatic heterocycles.